The molecule has 4 nitrogen and oxygen atoms in total. The molecule has 2 rings (SSSR count). The predicted molar refractivity (Wildman–Crippen MR) is 108 cm³/mol. The molecule has 0 amide bonds. The van der Waals surface area contributed by atoms with Crippen molar-refractivity contribution in [3.05, 3.63) is 47.6 Å². The molecule has 0 bridgehead atoms. The summed E-state index contributed by atoms with van der Waals surface area (Å²) in [6.07, 6.45) is 5.40. The van der Waals surface area contributed by atoms with Crippen molar-refractivity contribution in [3.63, 3.8) is 0 Å². The molecule has 0 unspecified atom stereocenters. The number of allylic oxidation sites excluding steroid dienone is 4. The monoisotopic (exact) mass is 346 g/mol. The van der Waals surface area contributed by atoms with Gasteiger partial charge in [-0.15, -0.1) is 0 Å². The third-order valence-electron chi connectivity index (χ3n) is 4.52. The zero-order valence-electron chi connectivity index (χ0n) is 16.1. The van der Waals surface area contributed by atoms with Crippen LogP contribution >= 0.6 is 0 Å². The largest absolute Gasteiger partial charge is 0.372 e. The van der Waals surface area contributed by atoms with Crippen LogP contribution in [-0.2, 0) is 0 Å². The van der Waals surface area contributed by atoms with E-state index in [-0.39, 0.29) is 11.0 Å². The van der Waals surface area contributed by atoms with E-state index in [4.69, 9.17) is 15.5 Å². The Kier molecular flexibility index (Phi) is 6.36. The number of aliphatic imine (C=N–C) groups is 1. The lowest BCUT2D eigenvalue weighted by Crippen LogP contribution is -2.21. The highest BCUT2D eigenvalue weighted by atomic mass is 15.1. The van der Waals surface area contributed by atoms with E-state index in [9.17, 15) is 0 Å². The lowest BCUT2D eigenvalue weighted by molar-refractivity contribution is 0.377. The molecule has 1 aromatic rings. The maximum absolute atomic E-state index is 9.00. The first-order valence-corrected chi connectivity index (χ1v) is 9.05. The number of hydrogen-bond donors (Lipinski definition) is 0. The average Bonchev–Trinajstić information content (AvgIpc) is 2.61. The molecule has 134 valence electrons. The van der Waals surface area contributed by atoms with Gasteiger partial charge >= 0.3 is 0 Å². The molecule has 4 heteroatoms. The predicted octanol–water partition coefficient (Wildman–Crippen LogP) is 5.33. The highest BCUT2D eigenvalue weighted by Gasteiger charge is 2.25. The second kappa shape index (κ2) is 8.50. The van der Waals surface area contributed by atoms with Crippen molar-refractivity contribution in [2.24, 2.45) is 10.4 Å². The van der Waals surface area contributed by atoms with Crippen LogP contribution < -0.4 is 4.90 Å². The molecular formula is C22H26N4. The summed E-state index contributed by atoms with van der Waals surface area (Å²) >= 11 is 0. The van der Waals surface area contributed by atoms with Gasteiger partial charge in [-0.1, -0.05) is 13.8 Å². The van der Waals surface area contributed by atoms with Gasteiger partial charge in [0.2, 0.25) is 0 Å². The molecule has 1 aliphatic carbocycles. The molecule has 0 N–H and O–H groups in total. The van der Waals surface area contributed by atoms with E-state index in [0.29, 0.717) is 0 Å². The number of rotatable bonds is 5. The van der Waals surface area contributed by atoms with Crippen molar-refractivity contribution < 1.29 is 0 Å². The standard InChI is InChI=1S/C22H26N4/c1-5-26(6-2)21-9-7-19(8-10-21)25-20-12-17(11-18(15-23)16-24)13-22(3,4)14-20/h7-12H,5-6,13-14H2,1-4H3/b25-20-. The van der Waals surface area contributed by atoms with E-state index < -0.39 is 0 Å². The number of benzene rings is 1. The van der Waals surface area contributed by atoms with Gasteiger partial charge in [-0.05, 0) is 74.1 Å². The van der Waals surface area contributed by atoms with Gasteiger partial charge in [0.05, 0.1) is 5.69 Å². The molecule has 0 saturated carbocycles. The third-order valence-corrected chi connectivity index (χ3v) is 4.52. The highest BCUT2D eigenvalue weighted by Crippen LogP contribution is 2.36. The fraction of sp³-hybridized carbons (Fsp3) is 0.409. The topological polar surface area (TPSA) is 63.2 Å². The number of anilines is 1. The highest BCUT2D eigenvalue weighted by molar-refractivity contribution is 5.99. The van der Waals surface area contributed by atoms with E-state index in [1.807, 2.05) is 30.3 Å². The van der Waals surface area contributed by atoms with Crippen molar-refractivity contribution in [3.8, 4) is 12.1 Å². The average molecular weight is 346 g/mol. The minimum absolute atomic E-state index is 0.0522. The van der Waals surface area contributed by atoms with E-state index in [0.717, 1.165) is 42.9 Å². The summed E-state index contributed by atoms with van der Waals surface area (Å²) in [5, 5.41) is 18.0. The Balaban J connectivity index is 2.32. The second-order valence-corrected chi connectivity index (χ2v) is 7.31. The van der Waals surface area contributed by atoms with Gasteiger partial charge in [0, 0.05) is 24.5 Å². The maximum atomic E-state index is 9.00. The SMILES string of the molecule is CCN(CC)c1ccc(/N=C2/C=C(C=C(C#N)C#N)CC(C)(C)C2)cc1. The summed E-state index contributed by atoms with van der Waals surface area (Å²) in [6.45, 7) is 10.6. The summed E-state index contributed by atoms with van der Waals surface area (Å²) in [7, 11) is 0. The quantitative estimate of drug-likeness (QED) is 0.677. The molecule has 0 aromatic heterocycles. The summed E-state index contributed by atoms with van der Waals surface area (Å²) < 4.78 is 0. The van der Waals surface area contributed by atoms with E-state index in [1.54, 1.807) is 6.08 Å². The molecule has 0 atom stereocenters. The summed E-state index contributed by atoms with van der Waals surface area (Å²) in [5.41, 5.74) is 4.29. The Morgan fingerprint density at radius 1 is 1.12 bits per heavy atom. The Labute approximate surface area is 156 Å². The fourth-order valence-electron chi connectivity index (χ4n) is 3.35. The lowest BCUT2D eigenvalue weighted by atomic mass is 9.76. The van der Waals surface area contributed by atoms with Gasteiger partial charge in [0.15, 0.2) is 0 Å². The molecule has 0 radical (unpaired) electrons. The Morgan fingerprint density at radius 2 is 1.73 bits per heavy atom. The van der Waals surface area contributed by atoms with Gasteiger partial charge in [-0.2, -0.15) is 10.5 Å². The van der Waals surface area contributed by atoms with Crippen molar-refractivity contribution >= 4 is 17.1 Å². The van der Waals surface area contributed by atoms with Gasteiger partial charge in [0.1, 0.15) is 17.7 Å². The zero-order valence-corrected chi connectivity index (χ0v) is 16.1. The maximum Gasteiger partial charge on any atom is 0.129 e. The molecule has 1 aromatic carbocycles. The van der Waals surface area contributed by atoms with Gasteiger partial charge in [-0.3, -0.25) is 4.99 Å². The van der Waals surface area contributed by atoms with Crippen molar-refractivity contribution in [1.29, 1.82) is 10.5 Å². The van der Waals surface area contributed by atoms with Crippen LogP contribution in [0.2, 0.25) is 0 Å². The third kappa shape index (κ3) is 5.07. The van der Waals surface area contributed by atoms with Gasteiger partial charge in [0.25, 0.3) is 0 Å². The van der Waals surface area contributed by atoms with Gasteiger partial charge < -0.3 is 4.90 Å². The summed E-state index contributed by atoms with van der Waals surface area (Å²) in [6, 6.07) is 12.2. The molecule has 0 fully saturated rings. The number of nitrogens with zero attached hydrogens (tertiary/aromatic N) is 4. The van der Waals surface area contributed by atoms with E-state index in [2.05, 4.69) is 44.7 Å². The molecule has 1 aliphatic rings. The molecule has 0 spiro atoms. The Bertz CT molecular complexity index is 791. The minimum atomic E-state index is 0.0522. The fourth-order valence-corrected chi connectivity index (χ4v) is 3.35. The van der Waals surface area contributed by atoms with Crippen LogP contribution in [0.3, 0.4) is 0 Å². The first-order valence-electron chi connectivity index (χ1n) is 9.05. The smallest absolute Gasteiger partial charge is 0.129 e. The van der Waals surface area contributed by atoms with E-state index in [1.165, 1.54) is 5.69 Å². The Hall–Kier alpha value is -2.85. The first-order chi connectivity index (χ1) is 12.4. The van der Waals surface area contributed by atoms with Crippen LogP contribution in [0.25, 0.3) is 0 Å². The minimum Gasteiger partial charge on any atom is -0.372 e. The Morgan fingerprint density at radius 3 is 2.27 bits per heavy atom. The molecule has 0 saturated heterocycles. The number of nitriles is 2. The van der Waals surface area contributed by atoms with Crippen molar-refractivity contribution in [2.45, 2.75) is 40.5 Å². The molecular weight excluding hydrogens is 320 g/mol. The first kappa shape index (κ1) is 19.5. The van der Waals surface area contributed by atoms with E-state index >= 15 is 0 Å². The van der Waals surface area contributed by atoms with Crippen molar-refractivity contribution in [1.82, 2.24) is 0 Å². The molecule has 0 aliphatic heterocycles. The van der Waals surface area contributed by atoms with Crippen LogP contribution in [0.1, 0.15) is 40.5 Å². The van der Waals surface area contributed by atoms with Gasteiger partial charge in [-0.25, -0.2) is 0 Å². The summed E-state index contributed by atoms with van der Waals surface area (Å²) in [4.78, 5) is 7.10. The molecule has 0 heterocycles. The van der Waals surface area contributed by atoms with Crippen LogP contribution in [0.15, 0.2) is 52.6 Å². The van der Waals surface area contributed by atoms with Crippen LogP contribution in [-0.4, -0.2) is 18.8 Å². The van der Waals surface area contributed by atoms with Crippen LogP contribution in [0.4, 0.5) is 11.4 Å². The van der Waals surface area contributed by atoms with Crippen molar-refractivity contribution in [2.75, 3.05) is 18.0 Å². The second-order valence-electron chi connectivity index (χ2n) is 7.31. The normalized spacial score (nSPS) is 17.0. The van der Waals surface area contributed by atoms with Crippen LogP contribution in [0.5, 0.6) is 0 Å². The summed E-state index contributed by atoms with van der Waals surface area (Å²) in [5.74, 6) is 0. The lowest BCUT2D eigenvalue weighted by Gasteiger charge is -2.29. The zero-order chi connectivity index (χ0) is 19.2. The molecule has 26 heavy (non-hydrogen) atoms. The van der Waals surface area contributed by atoms with Crippen LogP contribution in [0, 0.1) is 28.1 Å². The number of hydrogen-bond acceptors (Lipinski definition) is 4.